The zero-order valence-corrected chi connectivity index (χ0v) is 16.8. The third-order valence-corrected chi connectivity index (χ3v) is 4.97. The van der Waals surface area contributed by atoms with E-state index in [9.17, 15) is 4.79 Å². The van der Waals surface area contributed by atoms with Crippen LogP contribution in [-0.4, -0.2) is 21.9 Å². The molecular formula is C24H25ClN2O. The van der Waals surface area contributed by atoms with Gasteiger partial charge in [-0.2, -0.15) is 0 Å². The summed E-state index contributed by atoms with van der Waals surface area (Å²) in [5.41, 5.74) is 3.18. The van der Waals surface area contributed by atoms with Gasteiger partial charge in [-0.25, -0.2) is 0 Å². The maximum Gasteiger partial charge on any atom is 0.246 e. The van der Waals surface area contributed by atoms with Crippen molar-refractivity contribution in [3.05, 3.63) is 101 Å². The number of hydrogen-bond acceptors (Lipinski definition) is 1. The molecule has 1 amide bonds. The van der Waals surface area contributed by atoms with Crippen molar-refractivity contribution < 1.29 is 4.79 Å². The number of rotatable bonds is 8. The first-order valence-corrected chi connectivity index (χ1v) is 9.94. The number of halogens is 1. The molecule has 0 fully saturated rings. The van der Waals surface area contributed by atoms with Crippen LogP contribution in [0.25, 0.3) is 6.08 Å². The van der Waals surface area contributed by atoms with Gasteiger partial charge in [-0.1, -0.05) is 67.1 Å². The molecule has 0 radical (unpaired) electrons. The topological polar surface area (TPSA) is 25.2 Å². The fraction of sp³-hybridized carbons (Fsp3) is 0.208. The number of carbonyl (C=O) groups excluding carboxylic acids is 1. The highest BCUT2D eigenvalue weighted by molar-refractivity contribution is 6.31. The van der Waals surface area contributed by atoms with Crippen molar-refractivity contribution in [2.24, 2.45) is 0 Å². The summed E-state index contributed by atoms with van der Waals surface area (Å²) in [6, 6.07) is 21.8. The van der Waals surface area contributed by atoms with Gasteiger partial charge in [0.25, 0.3) is 0 Å². The molecule has 3 rings (SSSR count). The molecule has 0 aliphatic heterocycles. The van der Waals surface area contributed by atoms with Crippen molar-refractivity contribution in [3.8, 4) is 0 Å². The lowest BCUT2D eigenvalue weighted by atomic mass is 10.2. The lowest BCUT2D eigenvalue weighted by Crippen LogP contribution is -2.30. The quantitative estimate of drug-likeness (QED) is 0.455. The Morgan fingerprint density at radius 3 is 2.54 bits per heavy atom. The molecule has 0 aliphatic carbocycles. The average molecular weight is 393 g/mol. The third kappa shape index (κ3) is 5.37. The smallest absolute Gasteiger partial charge is 0.246 e. The predicted octanol–water partition coefficient (Wildman–Crippen LogP) is 5.64. The van der Waals surface area contributed by atoms with E-state index in [4.69, 9.17) is 11.6 Å². The van der Waals surface area contributed by atoms with Crippen molar-refractivity contribution in [1.82, 2.24) is 9.47 Å². The summed E-state index contributed by atoms with van der Waals surface area (Å²) in [5.74, 6) is 0.0243. The standard InChI is InChI=1S/C24H25ClN2O/c1-2-16-27(24(28)15-14-20-9-4-3-5-10-20)19-22-12-8-17-26(22)18-21-11-6-7-13-23(21)25/h3-15,17H,2,16,18-19H2,1H3. The minimum Gasteiger partial charge on any atom is -0.345 e. The van der Waals surface area contributed by atoms with Gasteiger partial charge >= 0.3 is 0 Å². The van der Waals surface area contributed by atoms with Crippen molar-refractivity contribution in [2.75, 3.05) is 6.54 Å². The SMILES string of the molecule is CCCN(Cc1cccn1Cc1ccccc1Cl)C(=O)C=Cc1ccccc1. The highest BCUT2D eigenvalue weighted by Gasteiger charge is 2.13. The predicted molar refractivity (Wildman–Crippen MR) is 116 cm³/mol. The van der Waals surface area contributed by atoms with Gasteiger partial charge in [-0.05, 0) is 41.8 Å². The Labute approximate surface area is 171 Å². The lowest BCUT2D eigenvalue weighted by Gasteiger charge is -2.22. The number of amides is 1. The van der Waals surface area contributed by atoms with E-state index in [1.807, 2.05) is 77.8 Å². The largest absolute Gasteiger partial charge is 0.345 e. The molecule has 0 saturated heterocycles. The molecule has 0 bridgehead atoms. The Kier molecular flexibility index (Phi) is 7.10. The highest BCUT2D eigenvalue weighted by atomic mass is 35.5. The number of benzene rings is 2. The Hall–Kier alpha value is -2.78. The van der Waals surface area contributed by atoms with Gasteiger partial charge in [-0.3, -0.25) is 4.79 Å². The second-order valence-electron chi connectivity index (χ2n) is 6.72. The lowest BCUT2D eigenvalue weighted by molar-refractivity contribution is -0.126. The molecule has 0 unspecified atom stereocenters. The molecule has 2 aromatic carbocycles. The van der Waals surface area contributed by atoms with E-state index >= 15 is 0 Å². The van der Waals surface area contributed by atoms with Crippen LogP contribution in [0.2, 0.25) is 5.02 Å². The van der Waals surface area contributed by atoms with Crippen molar-refractivity contribution in [1.29, 1.82) is 0 Å². The monoisotopic (exact) mass is 392 g/mol. The van der Waals surface area contributed by atoms with Crippen LogP contribution >= 0.6 is 11.6 Å². The van der Waals surface area contributed by atoms with Crippen LogP contribution in [0.4, 0.5) is 0 Å². The molecule has 0 aliphatic rings. The second-order valence-corrected chi connectivity index (χ2v) is 7.13. The zero-order chi connectivity index (χ0) is 19.8. The minimum atomic E-state index is 0.0243. The molecule has 4 heteroatoms. The van der Waals surface area contributed by atoms with E-state index in [0.717, 1.165) is 34.8 Å². The Bertz CT molecular complexity index is 931. The molecule has 0 atom stereocenters. The first-order chi connectivity index (χ1) is 13.7. The van der Waals surface area contributed by atoms with Crippen LogP contribution in [0, 0.1) is 0 Å². The van der Waals surface area contributed by atoms with Crippen molar-refractivity contribution in [2.45, 2.75) is 26.4 Å². The molecule has 0 N–H and O–H groups in total. The van der Waals surface area contributed by atoms with Gasteiger partial charge in [0, 0.05) is 36.1 Å². The van der Waals surface area contributed by atoms with Gasteiger partial charge in [-0.15, -0.1) is 0 Å². The summed E-state index contributed by atoms with van der Waals surface area (Å²) in [5, 5.41) is 0.759. The van der Waals surface area contributed by atoms with E-state index in [2.05, 4.69) is 17.6 Å². The maximum atomic E-state index is 12.8. The van der Waals surface area contributed by atoms with E-state index in [-0.39, 0.29) is 5.91 Å². The summed E-state index contributed by atoms with van der Waals surface area (Å²) in [4.78, 5) is 14.7. The molecule has 144 valence electrons. The summed E-state index contributed by atoms with van der Waals surface area (Å²) in [6.07, 6.45) is 6.48. The van der Waals surface area contributed by atoms with E-state index < -0.39 is 0 Å². The average Bonchev–Trinajstić information content (AvgIpc) is 3.15. The number of aromatic nitrogens is 1. The van der Waals surface area contributed by atoms with Crippen molar-refractivity contribution in [3.63, 3.8) is 0 Å². The Morgan fingerprint density at radius 1 is 1.04 bits per heavy atom. The Morgan fingerprint density at radius 2 is 1.79 bits per heavy atom. The van der Waals surface area contributed by atoms with Crippen LogP contribution in [0.1, 0.15) is 30.2 Å². The third-order valence-electron chi connectivity index (χ3n) is 4.60. The summed E-state index contributed by atoms with van der Waals surface area (Å²) in [7, 11) is 0. The van der Waals surface area contributed by atoms with Crippen LogP contribution in [0.3, 0.4) is 0 Å². The Balaban J connectivity index is 1.72. The second kappa shape index (κ2) is 9.95. The summed E-state index contributed by atoms with van der Waals surface area (Å²) in [6.45, 7) is 4.07. The first kappa shape index (κ1) is 20.0. The molecule has 28 heavy (non-hydrogen) atoms. The summed E-state index contributed by atoms with van der Waals surface area (Å²) >= 11 is 6.31. The van der Waals surface area contributed by atoms with E-state index in [1.54, 1.807) is 6.08 Å². The van der Waals surface area contributed by atoms with Crippen LogP contribution in [0.5, 0.6) is 0 Å². The molecule has 3 nitrogen and oxygen atoms in total. The van der Waals surface area contributed by atoms with Gasteiger partial charge < -0.3 is 9.47 Å². The van der Waals surface area contributed by atoms with E-state index in [0.29, 0.717) is 13.1 Å². The zero-order valence-electron chi connectivity index (χ0n) is 16.1. The molecule has 1 heterocycles. The van der Waals surface area contributed by atoms with Crippen LogP contribution in [-0.2, 0) is 17.9 Å². The maximum absolute atomic E-state index is 12.8. The summed E-state index contributed by atoms with van der Waals surface area (Å²) < 4.78 is 2.15. The normalized spacial score (nSPS) is 11.1. The number of nitrogens with zero attached hydrogens (tertiary/aromatic N) is 2. The van der Waals surface area contributed by atoms with Gasteiger partial charge in [0.1, 0.15) is 0 Å². The number of carbonyl (C=O) groups is 1. The molecule has 3 aromatic rings. The highest BCUT2D eigenvalue weighted by Crippen LogP contribution is 2.18. The van der Waals surface area contributed by atoms with Crippen LogP contribution < -0.4 is 0 Å². The van der Waals surface area contributed by atoms with Crippen LogP contribution in [0.15, 0.2) is 79.0 Å². The molecular weight excluding hydrogens is 368 g/mol. The molecule has 1 aromatic heterocycles. The van der Waals surface area contributed by atoms with E-state index in [1.165, 1.54) is 0 Å². The first-order valence-electron chi connectivity index (χ1n) is 9.57. The van der Waals surface area contributed by atoms with Gasteiger partial charge in [0.2, 0.25) is 5.91 Å². The van der Waals surface area contributed by atoms with Crippen molar-refractivity contribution >= 4 is 23.6 Å². The van der Waals surface area contributed by atoms with Gasteiger partial charge in [0.05, 0.1) is 6.54 Å². The minimum absolute atomic E-state index is 0.0243. The number of hydrogen-bond donors (Lipinski definition) is 0. The fourth-order valence-electron chi connectivity index (χ4n) is 3.13. The molecule has 0 spiro atoms. The van der Waals surface area contributed by atoms with Gasteiger partial charge in [0.15, 0.2) is 0 Å². The fourth-order valence-corrected chi connectivity index (χ4v) is 3.32. The molecule has 0 saturated carbocycles.